The molecule has 0 bridgehead atoms. The van der Waals surface area contributed by atoms with Crippen LogP contribution in [-0.4, -0.2) is 0 Å². The zero-order valence-corrected chi connectivity index (χ0v) is 10.8. The second kappa shape index (κ2) is 4.14. The zero-order chi connectivity index (χ0) is 13.5. The van der Waals surface area contributed by atoms with E-state index in [0.29, 0.717) is 0 Å². The number of fused-ring (bicyclic) bond motifs is 3. The van der Waals surface area contributed by atoms with Crippen LogP contribution in [-0.2, 0) is 0 Å². The summed E-state index contributed by atoms with van der Waals surface area (Å²) in [7, 11) is 0. The van der Waals surface area contributed by atoms with Crippen molar-refractivity contribution < 1.29 is 4.42 Å². The van der Waals surface area contributed by atoms with Gasteiger partial charge >= 0.3 is 0 Å². The van der Waals surface area contributed by atoms with E-state index in [4.69, 9.17) is 10.2 Å². The summed E-state index contributed by atoms with van der Waals surface area (Å²) in [6.07, 6.45) is 0. The molecule has 2 heteroatoms. The number of hydrogen-bond donors (Lipinski definition) is 1. The second-order valence-corrected chi connectivity index (χ2v) is 4.87. The number of furan rings is 1. The number of hydrogen-bond acceptors (Lipinski definition) is 2. The molecule has 0 spiro atoms. The molecule has 0 aliphatic heterocycles. The molecule has 0 fully saturated rings. The largest absolute Gasteiger partial charge is 0.456 e. The highest BCUT2D eigenvalue weighted by Gasteiger charge is 2.14. The summed E-state index contributed by atoms with van der Waals surface area (Å²) in [6, 6.07) is 22.1. The van der Waals surface area contributed by atoms with Crippen LogP contribution >= 0.6 is 0 Å². The van der Waals surface area contributed by atoms with Crippen LogP contribution in [0.2, 0.25) is 0 Å². The van der Waals surface area contributed by atoms with Crippen molar-refractivity contribution in [3.05, 3.63) is 66.7 Å². The Morgan fingerprint density at radius 1 is 0.700 bits per heavy atom. The van der Waals surface area contributed by atoms with Crippen molar-refractivity contribution in [2.24, 2.45) is 0 Å². The summed E-state index contributed by atoms with van der Waals surface area (Å²) in [4.78, 5) is 0. The molecule has 0 unspecified atom stereocenters. The number of nitrogens with two attached hydrogens (primary N) is 1. The maximum atomic E-state index is 6.23. The summed E-state index contributed by atoms with van der Waals surface area (Å²) in [5.41, 5.74) is 10.9. The van der Waals surface area contributed by atoms with Crippen molar-refractivity contribution in [3.8, 4) is 11.1 Å². The molecule has 0 atom stereocenters. The summed E-state index contributed by atoms with van der Waals surface area (Å²) in [5, 5.41) is 2.19. The lowest BCUT2D eigenvalue weighted by Crippen LogP contribution is -1.90. The van der Waals surface area contributed by atoms with Crippen molar-refractivity contribution in [2.45, 2.75) is 0 Å². The highest BCUT2D eigenvalue weighted by atomic mass is 16.3. The molecule has 0 saturated carbocycles. The molecular formula is C18H13NO. The number of nitrogen functional groups attached to an aromatic ring is 1. The van der Waals surface area contributed by atoms with Crippen LogP contribution < -0.4 is 5.73 Å². The Morgan fingerprint density at radius 3 is 2.30 bits per heavy atom. The zero-order valence-electron chi connectivity index (χ0n) is 10.8. The van der Waals surface area contributed by atoms with E-state index in [9.17, 15) is 0 Å². The highest BCUT2D eigenvalue weighted by Crippen LogP contribution is 2.39. The van der Waals surface area contributed by atoms with E-state index in [1.807, 2.05) is 48.5 Å². The molecule has 20 heavy (non-hydrogen) atoms. The molecule has 2 N–H and O–H groups in total. The van der Waals surface area contributed by atoms with Gasteiger partial charge in [-0.1, -0.05) is 48.5 Å². The molecule has 4 aromatic rings. The van der Waals surface area contributed by atoms with Gasteiger partial charge in [-0.3, -0.25) is 0 Å². The highest BCUT2D eigenvalue weighted by molar-refractivity contribution is 6.15. The molecule has 1 heterocycles. The fourth-order valence-corrected chi connectivity index (χ4v) is 2.75. The Morgan fingerprint density at radius 2 is 1.45 bits per heavy atom. The fraction of sp³-hybridized carbons (Fsp3) is 0. The SMILES string of the molecule is Nc1ccc2oc3ccccc3c2c1-c1ccccc1. The molecule has 0 radical (unpaired) electrons. The summed E-state index contributed by atoms with van der Waals surface area (Å²) < 4.78 is 5.91. The van der Waals surface area contributed by atoms with Crippen LogP contribution in [0.15, 0.2) is 71.1 Å². The van der Waals surface area contributed by atoms with E-state index in [-0.39, 0.29) is 0 Å². The van der Waals surface area contributed by atoms with Gasteiger partial charge in [0, 0.05) is 22.0 Å². The van der Waals surface area contributed by atoms with Crippen LogP contribution in [0.5, 0.6) is 0 Å². The Labute approximate surface area is 116 Å². The van der Waals surface area contributed by atoms with Gasteiger partial charge < -0.3 is 10.2 Å². The summed E-state index contributed by atoms with van der Waals surface area (Å²) in [6.45, 7) is 0. The van der Waals surface area contributed by atoms with Crippen molar-refractivity contribution in [1.82, 2.24) is 0 Å². The predicted molar refractivity (Wildman–Crippen MR) is 83.6 cm³/mol. The van der Waals surface area contributed by atoms with Gasteiger partial charge in [-0.05, 0) is 23.8 Å². The lowest BCUT2D eigenvalue weighted by Gasteiger charge is -2.07. The minimum absolute atomic E-state index is 0.773. The molecule has 0 amide bonds. The molecule has 4 rings (SSSR count). The quantitative estimate of drug-likeness (QED) is 0.497. The van der Waals surface area contributed by atoms with E-state index in [1.54, 1.807) is 0 Å². The number of para-hydroxylation sites is 1. The number of benzene rings is 3. The number of anilines is 1. The standard InChI is InChI=1S/C18H13NO/c19-14-10-11-16-18(13-8-4-5-9-15(13)20-16)17(14)12-6-2-1-3-7-12/h1-11H,19H2. The van der Waals surface area contributed by atoms with E-state index < -0.39 is 0 Å². The first-order valence-electron chi connectivity index (χ1n) is 6.60. The van der Waals surface area contributed by atoms with Crippen LogP contribution in [0, 0.1) is 0 Å². The average molecular weight is 259 g/mol. The van der Waals surface area contributed by atoms with E-state index in [1.165, 1.54) is 0 Å². The van der Waals surface area contributed by atoms with Crippen molar-refractivity contribution in [1.29, 1.82) is 0 Å². The average Bonchev–Trinajstić information content (AvgIpc) is 2.87. The fourth-order valence-electron chi connectivity index (χ4n) is 2.75. The third-order valence-electron chi connectivity index (χ3n) is 3.64. The van der Waals surface area contributed by atoms with Gasteiger partial charge in [0.2, 0.25) is 0 Å². The third kappa shape index (κ3) is 1.51. The normalized spacial score (nSPS) is 11.2. The molecule has 0 aliphatic carbocycles. The van der Waals surface area contributed by atoms with Crippen molar-refractivity contribution in [3.63, 3.8) is 0 Å². The molecule has 0 saturated heterocycles. The molecule has 0 aliphatic rings. The Kier molecular flexibility index (Phi) is 2.30. The van der Waals surface area contributed by atoms with Gasteiger partial charge in [0.1, 0.15) is 11.2 Å². The Hall–Kier alpha value is -2.74. The Bertz CT molecular complexity index is 907. The van der Waals surface area contributed by atoms with Crippen molar-refractivity contribution in [2.75, 3.05) is 5.73 Å². The molecule has 1 aromatic heterocycles. The number of rotatable bonds is 1. The maximum absolute atomic E-state index is 6.23. The van der Waals surface area contributed by atoms with E-state index in [2.05, 4.69) is 18.2 Å². The monoisotopic (exact) mass is 259 g/mol. The first-order valence-corrected chi connectivity index (χ1v) is 6.60. The lowest BCUT2D eigenvalue weighted by atomic mass is 9.98. The van der Waals surface area contributed by atoms with Gasteiger partial charge in [0.25, 0.3) is 0 Å². The van der Waals surface area contributed by atoms with Crippen molar-refractivity contribution >= 4 is 27.6 Å². The van der Waals surface area contributed by atoms with E-state index >= 15 is 0 Å². The lowest BCUT2D eigenvalue weighted by molar-refractivity contribution is 0.669. The van der Waals surface area contributed by atoms with Gasteiger partial charge in [0.15, 0.2) is 0 Å². The topological polar surface area (TPSA) is 39.2 Å². The first-order chi connectivity index (χ1) is 9.84. The van der Waals surface area contributed by atoms with Gasteiger partial charge in [-0.15, -0.1) is 0 Å². The molecule has 3 aromatic carbocycles. The van der Waals surface area contributed by atoms with Crippen LogP contribution in [0.1, 0.15) is 0 Å². The van der Waals surface area contributed by atoms with E-state index in [0.717, 1.165) is 38.8 Å². The van der Waals surface area contributed by atoms with Crippen LogP contribution in [0.3, 0.4) is 0 Å². The van der Waals surface area contributed by atoms with Gasteiger partial charge in [0.05, 0.1) is 0 Å². The molecular weight excluding hydrogens is 246 g/mol. The van der Waals surface area contributed by atoms with Crippen LogP contribution in [0.4, 0.5) is 5.69 Å². The van der Waals surface area contributed by atoms with Crippen LogP contribution in [0.25, 0.3) is 33.1 Å². The second-order valence-electron chi connectivity index (χ2n) is 4.87. The smallest absolute Gasteiger partial charge is 0.136 e. The Balaban J connectivity index is 2.21. The third-order valence-corrected chi connectivity index (χ3v) is 3.64. The molecule has 2 nitrogen and oxygen atoms in total. The predicted octanol–water partition coefficient (Wildman–Crippen LogP) is 4.84. The van der Waals surface area contributed by atoms with Gasteiger partial charge in [-0.2, -0.15) is 0 Å². The summed E-state index contributed by atoms with van der Waals surface area (Å²) in [5.74, 6) is 0. The molecule has 96 valence electrons. The minimum atomic E-state index is 0.773. The summed E-state index contributed by atoms with van der Waals surface area (Å²) >= 11 is 0. The first kappa shape index (κ1) is 11.1. The van der Waals surface area contributed by atoms with Gasteiger partial charge in [-0.25, -0.2) is 0 Å². The minimum Gasteiger partial charge on any atom is -0.456 e. The maximum Gasteiger partial charge on any atom is 0.136 e.